The van der Waals surface area contributed by atoms with Crippen molar-refractivity contribution >= 4 is 64.0 Å². The molecule has 0 aromatic rings. The molecule has 16 heavy (non-hydrogen) atoms. The number of methoxy groups -OCH3 is 1. The fraction of sp³-hybridized carbons (Fsp3) is 0.889. The van der Waals surface area contributed by atoms with E-state index in [0.717, 1.165) is 0 Å². The summed E-state index contributed by atoms with van der Waals surface area (Å²) >= 11 is 29.8. The van der Waals surface area contributed by atoms with Gasteiger partial charge in [0.1, 0.15) is 0 Å². The third kappa shape index (κ3) is 1.81. The van der Waals surface area contributed by atoms with Crippen LogP contribution in [0.1, 0.15) is 13.8 Å². The Kier molecular flexibility index (Phi) is 3.97. The van der Waals surface area contributed by atoms with Gasteiger partial charge in [0, 0.05) is 5.41 Å². The summed E-state index contributed by atoms with van der Waals surface area (Å²) in [5.74, 6) is -1.43. The normalized spacial score (nSPS) is 37.8. The van der Waals surface area contributed by atoms with E-state index >= 15 is 0 Å². The van der Waals surface area contributed by atoms with Gasteiger partial charge < -0.3 is 4.74 Å². The second kappa shape index (κ2) is 4.24. The number of rotatable bonds is 1. The number of ether oxygens (including phenoxy) is 1. The first-order valence-corrected chi connectivity index (χ1v) is 6.44. The molecule has 0 spiro atoms. The van der Waals surface area contributed by atoms with Gasteiger partial charge in [-0.05, 0) is 0 Å². The third-order valence-corrected chi connectivity index (χ3v) is 5.56. The van der Waals surface area contributed by atoms with Crippen LogP contribution >= 0.6 is 58.0 Å². The van der Waals surface area contributed by atoms with Gasteiger partial charge in [-0.2, -0.15) is 0 Å². The van der Waals surface area contributed by atoms with E-state index in [2.05, 4.69) is 4.74 Å². The Morgan fingerprint density at radius 2 is 1.75 bits per heavy atom. The van der Waals surface area contributed by atoms with Crippen molar-refractivity contribution in [1.82, 2.24) is 0 Å². The van der Waals surface area contributed by atoms with Gasteiger partial charge in [0.05, 0.1) is 18.4 Å². The molecule has 0 amide bonds. The molecule has 0 N–H and O–H groups in total. The topological polar surface area (TPSA) is 26.3 Å². The van der Waals surface area contributed by atoms with Crippen LogP contribution in [0.2, 0.25) is 0 Å². The smallest absolute Gasteiger partial charge is 0.328 e. The van der Waals surface area contributed by atoms with Crippen molar-refractivity contribution in [1.29, 1.82) is 0 Å². The molecule has 0 radical (unpaired) electrons. The number of carbonyl (C=O) groups is 1. The van der Waals surface area contributed by atoms with E-state index in [1.54, 1.807) is 13.8 Å². The fourth-order valence-electron chi connectivity index (χ4n) is 2.05. The van der Waals surface area contributed by atoms with Crippen molar-refractivity contribution in [2.45, 2.75) is 27.9 Å². The Morgan fingerprint density at radius 3 is 2.06 bits per heavy atom. The molecule has 0 aromatic carbocycles. The molecule has 0 aliphatic heterocycles. The summed E-state index contributed by atoms with van der Waals surface area (Å²) in [5.41, 5.74) is -0.711. The maximum atomic E-state index is 11.7. The molecule has 1 fully saturated rings. The number of hydrogen-bond donors (Lipinski definition) is 0. The minimum Gasteiger partial charge on any atom is -0.468 e. The van der Waals surface area contributed by atoms with Crippen LogP contribution in [0.4, 0.5) is 0 Å². The van der Waals surface area contributed by atoms with Gasteiger partial charge in [0.15, 0.2) is 8.67 Å². The average molecular weight is 328 g/mol. The van der Waals surface area contributed by atoms with Gasteiger partial charge in [-0.3, -0.25) is 4.79 Å². The lowest BCUT2D eigenvalue weighted by Crippen LogP contribution is -2.73. The van der Waals surface area contributed by atoms with Crippen LogP contribution in [0.5, 0.6) is 0 Å². The Bertz CT molecular complexity index is 312. The van der Waals surface area contributed by atoms with Crippen LogP contribution in [-0.2, 0) is 9.53 Å². The molecule has 2 nitrogen and oxygen atoms in total. The first-order chi connectivity index (χ1) is 7.01. The van der Waals surface area contributed by atoms with Crippen LogP contribution < -0.4 is 0 Å². The Morgan fingerprint density at radius 1 is 1.31 bits per heavy atom. The zero-order valence-electron chi connectivity index (χ0n) is 8.86. The van der Waals surface area contributed by atoms with Crippen molar-refractivity contribution < 1.29 is 9.53 Å². The largest absolute Gasteiger partial charge is 0.468 e. The van der Waals surface area contributed by atoms with Gasteiger partial charge in [0.25, 0.3) is 0 Å². The number of carbonyl (C=O) groups excluding carboxylic acids is 1. The zero-order valence-corrected chi connectivity index (χ0v) is 12.6. The van der Waals surface area contributed by atoms with Crippen LogP contribution in [0.25, 0.3) is 0 Å². The van der Waals surface area contributed by atoms with Crippen molar-refractivity contribution in [3.8, 4) is 0 Å². The van der Waals surface area contributed by atoms with E-state index in [1.165, 1.54) is 7.11 Å². The highest BCUT2D eigenvalue weighted by Gasteiger charge is 2.75. The minimum atomic E-state index is -1.71. The van der Waals surface area contributed by atoms with E-state index in [1.807, 2.05) is 0 Å². The maximum absolute atomic E-state index is 11.7. The van der Waals surface area contributed by atoms with Gasteiger partial charge in [0.2, 0.25) is 0 Å². The van der Waals surface area contributed by atoms with E-state index in [9.17, 15) is 4.79 Å². The third-order valence-electron chi connectivity index (χ3n) is 3.18. The van der Waals surface area contributed by atoms with E-state index in [0.29, 0.717) is 0 Å². The highest BCUT2D eigenvalue weighted by atomic mass is 35.6. The van der Waals surface area contributed by atoms with Crippen LogP contribution in [0.3, 0.4) is 0 Å². The van der Waals surface area contributed by atoms with Gasteiger partial charge in [-0.25, -0.2) is 0 Å². The predicted octanol–water partition coefficient (Wildman–Crippen LogP) is 3.77. The average Bonchev–Trinajstić information content (AvgIpc) is 2.14. The maximum Gasteiger partial charge on any atom is 0.328 e. The Balaban J connectivity index is 3.18. The summed E-state index contributed by atoms with van der Waals surface area (Å²) in [6, 6.07) is 0. The summed E-state index contributed by atoms with van der Waals surface area (Å²) in [6.07, 6.45) is 0. The summed E-state index contributed by atoms with van der Waals surface area (Å²) < 4.78 is 2.95. The minimum absolute atomic E-state index is 0.517. The summed E-state index contributed by atoms with van der Waals surface area (Å²) in [6.45, 7) is 3.48. The zero-order chi connectivity index (χ0) is 12.9. The first kappa shape index (κ1) is 15.0. The summed E-state index contributed by atoms with van der Waals surface area (Å²) in [7, 11) is 1.24. The molecule has 1 rings (SSSR count). The lowest BCUT2D eigenvalue weighted by atomic mass is 9.54. The lowest BCUT2D eigenvalue weighted by Gasteiger charge is -2.61. The van der Waals surface area contributed by atoms with E-state index < -0.39 is 31.3 Å². The highest BCUT2D eigenvalue weighted by molar-refractivity contribution is 6.68. The van der Waals surface area contributed by atoms with Gasteiger partial charge >= 0.3 is 5.97 Å². The molecular formula is C9H11Cl5O2. The molecular weight excluding hydrogens is 317 g/mol. The highest BCUT2D eigenvalue weighted by Crippen LogP contribution is 2.67. The monoisotopic (exact) mass is 326 g/mol. The number of hydrogen-bond acceptors (Lipinski definition) is 2. The molecule has 0 saturated heterocycles. The molecule has 0 heterocycles. The van der Waals surface area contributed by atoms with E-state index in [-0.39, 0.29) is 0 Å². The summed E-state index contributed by atoms with van der Waals surface area (Å²) in [4.78, 5) is 10.3. The molecule has 1 aliphatic rings. The second-order valence-electron chi connectivity index (χ2n) is 4.35. The quantitative estimate of drug-likeness (QED) is 0.541. The lowest BCUT2D eigenvalue weighted by molar-refractivity contribution is -0.157. The molecule has 94 valence electrons. The predicted molar refractivity (Wildman–Crippen MR) is 67.8 cm³/mol. The van der Waals surface area contributed by atoms with E-state index in [4.69, 9.17) is 58.0 Å². The molecule has 3 atom stereocenters. The number of esters is 1. The summed E-state index contributed by atoms with van der Waals surface area (Å²) in [5, 5.41) is -0.517. The molecule has 0 bridgehead atoms. The molecule has 1 saturated carbocycles. The Labute approximate surface area is 119 Å². The van der Waals surface area contributed by atoms with Crippen LogP contribution in [-0.4, -0.2) is 27.1 Å². The molecule has 7 heteroatoms. The molecule has 0 unspecified atom stereocenters. The molecule has 0 aromatic heterocycles. The molecule has 1 aliphatic carbocycles. The van der Waals surface area contributed by atoms with Gasteiger partial charge in [-0.1, -0.05) is 48.7 Å². The van der Waals surface area contributed by atoms with Crippen LogP contribution in [0, 0.1) is 11.3 Å². The van der Waals surface area contributed by atoms with Gasteiger partial charge in [-0.15, -0.1) is 23.2 Å². The SMILES string of the molecule is COC(=O)[C@]1(Cl)[C@@H](C(Cl)(Cl)Cl)[C@H](Cl)C1(C)C. The number of alkyl halides is 5. The second-order valence-corrected chi connectivity index (χ2v) is 7.78. The van der Waals surface area contributed by atoms with Crippen molar-refractivity contribution in [2.75, 3.05) is 7.11 Å². The first-order valence-electron chi connectivity index (χ1n) is 4.49. The standard InChI is InChI=1S/C9H11Cl5O2/c1-7(2)5(10)4(9(12,13)14)8(7,11)6(15)16-3/h4-5H,1-3H3/t4-,5-,8+/m0/s1. The van der Waals surface area contributed by atoms with Crippen LogP contribution in [0.15, 0.2) is 0 Å². The number of halogens is 5. The Hall–Kier alpha value is 0.920. The van der Waals surface area contributed by atoms with Crippen molar-refractivity contribution in [3.05, 3.63) is 0 Å². The fourth-order valence-corrected chi connectivity index (χ4v) is 4.44. The van der Waals surface area contributed by atoms with Crippen molar-refractivity contribution in [2.24, 2.45) is 11.3 Å². The van der Waals surface area contributed by atoms with Crippen molar-refractivity contribution in [3.63, 3.8) is 0 Å².